The molecule has 5 rings (SSSR count). The van der Waals surface area contributed by atoms with Crippen molar-refractivity contribution in [3.05, 3.63) is 47.7 Å². The molecule has 6 nitrogen and oxygen atoms in total. The molecule has 0 bridgehead atoms. The van der Waals surface area contributed by atoms with E-state index >= 15 is 0 Å². The summed E-state index contributed by atoms with van der Waals surface area (Å²) in [6.45, 7) is 4.68. The van der Waals surface area contributed by atoms with Gasteiger partial charge < -0.3 is 10.2 Å². The van der Waals surface area contributed by atoms with Gasteiger partial charge in [0.15, 0.2) is 0 Å². The van der Waals surface area contributed by atoms with Crippen LogP contribution in [0, 0.1) is 11.8 Å². The molecule has 0 unspecified atom stereocenters. The maximum absolute atomic E-state index is 14.1. The predicted molar refractivity (Wildman–Crippen MR) is 144 cm³/mol. The average Bonchev–Trinajstić information content (AvgIpc) is 3.59. The number of amides is 2. The highest BCUT2D eigenvalue weighted by molar-refractivity contribution is 7.18. The summed E-state index contributed by atoms with van der Waals surface area (Å²) >= 11 is 1.68. The third kappa shape index (κ3) is 5.03. The predicted octanol–water partition coefficient (Wildman–Crippen LogP) is 6.13. The van der Waals surface area contributed by atoms with Gasteiger partial charge in [0.2, 0.25) is 11.8 Å². The van der Waals surface area contributed by atoms with Gasteiger partial charge in [-0.2, -0.15) is 0 Å². The number of pyridine rings is 1. The largest absolute Gasteiger partial charge is 0.344 e. The zero-order valence-corrected chi connectivity index (χ0v) is 22.1. The number of hydrogen-bond donors (Lipinski definition) is 1. The van der Waals surface area contributed by atoms with Gasteiger partial charge in [0, 0.05) is 36.0 Å². The van der Waals surface area contributed by atoms with E-state index in [0.29, 0.717) is 0 Å². The summed E-state index contributed by atoms with van der Waals surface area (Å²) in [5.74, 6) is 0.201. The second-order valence-corrected chi connectivity index (χ2v) is 11.4. The fraction of sp³-hybridized carbons (Fsp3) is 0.517. The molecule has 1 saturated carbocycles. The second-order valence-electron chi connectivity index (χ2n) is 10.3. The van der Waals surface area contributed by atoms with Crippen LogP contribution in [0.15, 0.2) is 42.7 Å². The molecule has 2 aliphatic rings. The Kier molecular flexibility index (Phi) is 7.65. The Morgan fingerprint density at radius 1 is 1.11 bits per heavy atom. The lowest BCUT2D eigenvalue weighted by molar-refractivity contribution is -0.140. The molecule has 190 valence electrons. The summed E-state index contributed by atoms with van der Waals surface area (Å²) in [6, 6.07) is 9.78. The Morgan fingerprint density at radius 3 is 2.69 bits per heavy atom. The van der Waals surface area contributed by atoms with Gasteiger partial charge in [0.05, 0.1) is 16.3 Å². The molecule has 2 fully saturated rings. The van der Waals surface area contributed by atoms with Crippen LogP contribution in [0.2, 0.25) is 0 Å². The molecule has 1 aromatic carbocycles. The lowest BCUT2D eigenvalue weighted by Gasteiger charge is -2.35. The number of aromatic nitrogens is 2. The van der Waals surface area contributed by atoms with Gasteiger partial charge in [-0.25, -0.2) is 4.98 Å². The molecule has 3 heterocycles. The fourth-order valence-electron chi connectivity index (χ4n) is 5.66. The molecule has 3 aromatic rings. The van der Waals surface area contributed by atoms with Crippen molar-refractivity contribution in [1.29, 1.82) is 0 Å². The first kappa shape index (κ1) is 24.9. The van der Waals surface area contributed by atoms with Crippen molar-refractivity contribution in [2.45, 2.75) is 77.3 Å². The van der Waals surface area contributed by atoms with Crippen molar-refractivity contribution in [3.63, 3.8) is 0 Å². The molecule has 2 amide bonds. The lowest BCUT2D eigenvalue weighted by atomic mass is 9.83. The standard InChI is InChI=1S/C29H36N4O2S/c1-3-19(2)27(34)31-25(20-10-5-4-6-11-20)29(35)33-17-9-14-23(33)28-32-26-22(13-7-15-24(26)36-28)21-12-8-16-30-18-21/h7-8,12-13,15-16,18-20,23,25H,3-6,9-11,14,17H2,1-2H3,(H,31,34)/t19-,23+,25+/m1/s1. The van der Waals surface area contributed by atoms with E-state index in [1.165, 1.54) is 6.42 Å². The van der Waals surface area contributed by atoms with Crippen LogP contribution in [0.1, 0.15) is 76.3 Å². The van der Waals surface area contributed by atoms with E-state index in [9.17, 15) is 9.59 Å². The van der Waals surface area contributed by atoms with Crippen molar-refractivity contribution in [3.8, 4) is 11.1 Å². The van der Waals surface area contributed by atoms with Crippen LogP contribution in [0.4, 0.5) is 0 Å². The van der Waals surface area contributed by atoms with Gasteiger partial charge in [-0.1, -0.05) is 51.3 Å². The van der Waals surface area contributed by atoms with Crippen LogP contribution in [-0.4, -0.2) is 39.3 Å². The normalized spacial score (nSPS) is 20.4. The molecular weight excluding hydrogens is 468 g/mol. The molecule has 1 aliphatic carbocycles. The van der Waals surface area contributed by atoms with Gasteiger partial charge in [-0.15, -0.1) is 11.3 Å². The first-order chi connectivity index (χ1) is 17.6. The van der Waals surface area contributed by atoms with Crippen LogP contribution in [0.5, 0.6) is 0 Å². The molecule has 1 saturated heterocycles. The summed E-state index contributed by atoms with van der Waals surface area (Å²) in [7, 11) is 0. The molecule has 7 heteroatoms. The number of fused-ring (bicyclic) bond motifs is 1. The number of rotatable bonds is 7. The van der Waals surface area contributed by atoms with Crippen molar-refractivity contribution in [1.82, 2.24) is 20.2 Å². The van der Waals surface area contributed by atoms with Gasteiger partial charge in [0.1, 0.15) is 11.0 Å². The van der Waals surface area contributed by atoms with Crippen LogP contribution >= 0.6 is 11.3 Å². The minimum atomic E-state index is -0.437. The highest BCUT2D eigenvalue weighted by atomic mass is 32.1. The third-order valence-corrected chi connectivity index (χ3v) is 9.10. The minimum absolute atomic E-state index is 0.00160. The van der Waals surface area contributed by atoms with Crippen LogP contribution < -0.4 is 5.32 Å². The molecular formula is C29H36N4O2S. The quantitative estimate of drug-likeness (QED) is 0.420. The van der Waals surface area contributed by atoms with E-state index in [4.69, 9.17) is 4.98 Å². The molecule has 2 aromatic heterocycles. The van der Waals surface area contributed by atoms with Crippen molar-refractivity contribution >= 4 is 33.4 Å². The summed E-state index contributed by atoms with van der Waals surface area (Å²) < 4.78 is 1.12. The first-order valence-electron chi connectivity index (χ1n) is 13.5. The SMILES string of the molecule is CC[C@@H](C)C(=O)N[C@H](C(=O)N1CCC[C@H]1c1nc2c(-c3cccnc3)cccc2s1)C1CCCCC1. The average molecular weight is 505 g/mol. The van der Waals surface area contributed by atoms with Crippen molar-refractivity contribution < 1.29 is 9.59 Å². The molecule has 0 radical (unpaired) electrons. The van der Waals surface area contributed by atoms with Crippen LogP contribution in [0.3, 0.4) is 0 Å². The Bertz CT molecular complexity index is 1200. The van der Waals surface area contributed by atoms with E-state index in [2.05, 4.69) is 34.6 Å². The number of para-hydroxylation sites is 1. The van der Waals surface area contributed by atoms with Crippen molar-refractivity contribution in [2.24, 2.45) is 11.8 Å². The van der Waals surface area contributed by atoms with Gasteiger partial charge in [-0.05, 0) is 50.2 Å². The number of nitrogens with zero attached hydrogens (tertiary/aromatic N) is 3. The molecule has 1 N–H and O–H groups in total. The van der Waals surface area contributed by atoms with Crippen LogP contribution in [0.25, 0.3) is 21.3 Å². The van der Waals surface area contributed by atoms with Crippen LogP contribution in [-0.2, 0) is 9.59 Å². The minimum Gasteiger partial charge on any atom is -0.344 e. The number of hydrogen-bond acceptors (Lipinski definition) is 5. The smallest absolute Gasteiger partial charge is 0.246 e. The van der Waals surface area contributed by atoms with Crippen molar-refractivity contribution in [2.75, 3.05) is 6.54 Å². The number of carbonyl (C=O) groups is 2. The number of nitrogens with one attached hydrogen (secondary N) is 1. The summed E-state index contributed by atoms with van der Waals surface area (Å²) in [5.41, 5.74) is 3.09. The Balaban J connectivity index is 1.44. The monoisotopic (exact) mass is 504 g/mol. The van der Waals surface area contributed by atoms with E-state index in [1.54, 1.807) is 17.5 Å². The number of benzene rings is 1. The summed E-state index contributed by atoms with van der Waals surface area (Å²) in [6.07, 6.45) is 11.8. The lowest BCUT2D eigenvalue weighted by Crippen LogP contribution is -2.53. The molecule has 3 atom stereocenters. The Labute approximate surface area is 217 Å². The van der Waals surface area contributed by atoms with Gasteiger partial charge in [0.25, 0.3) is 0 Å². The van der Waals surface area contributed by atoms with E-state index in [1.807, 2.05) is 31.0 Å². The molecule has 0 spiro atoms. The highest BCUT2D eigenvalue weighted by Crippen LogP contribution is 2.40. The summed E-state index contributed by atoms with van der Waals surface area (Å²) in [5, 5.41) is 4.18. The topological polar surface area (TPSA) is 75.2 Å². The first-order valence-corrected chi connectivity index (χ1v) is 14.3. The highest BCUT2D eigenvalue weighted by Gasteiger charge is 2.40. The number of thiazole rings is 1. The van der Waals surface area contributed by atoms with E-state index < -0.39 is 6.04 Å². The Hall–Kier alpha value is -2.80. The second kappa shape index (κ2) is 11.1. The number of carbonyl (C=O) groups excluding carboxylic acids is 2. The zero-order chi connectivity index (χ0) is 25.1. The Morgan fingerprint density at radius 2 is 1.94 bits per heavy atom. The third-order valence-electron chi connectivity index (χ3n) is 7.97. The maximum Gasteiger partial charge on any atom is 0.246 e. The maximum atomic E-state index is 14.1. The fourth-order valence-corrected chi connectivity index (χ4v) is 6.80. The van der Waals surface area contributed by atoms with Gasteiger partial charge >= 0.3 is 0 Å². The summed E-state index contributed by atoms with van der Waals surface area (Å²) in [4.78, 5) is 38.3. The van der Waals surface area contributed by atoms with E-state index in [0.717, 1.165) is 77.8 Å². The molecule has 36 heavy (non-hydrogen) atoms. The molecule has 1 aliphatic heterocycles. The van der Waals surface area contributed by atoms with Gasteiger partial charge in [-0.3, -0.25) is 14.6 Å². The van der Waals surface area contributed by atoms with E-state index in [-0.39, 0.29) is 29.7 Å². The zero-order valence-electron chi connectivity index (χ0n) is 21.3. The number of likely N-dealkylation sites (tertiary alicyclic amines) is 1.